The zero-order valence-corrected chi connectivity index (χ0v) is 16.4. The fraction of sp³-hybridized carbons (Fsp3) is 0.455. The summed E-state index contributed by atoms with van der Waals surface area (Å²) in [5.74, 6) is 0. The zero-order chi connectivity index (χ0) is 19.2. The highest BCUT2D eigenvalue weighted by Gasteiger charge is 2.21. The normalized spacial score (nSPS) is 17.5. The van der Waals surface area contributed by atoms with Crippen LogP contribution in [0.3, 0.4) is 0 Å². The Balaban J connectivity index is 1.26. The van der Waals surface area contributed by atoms with Crippen LogP contribution < -0.4 is 15.1 Å². The van der Waals surface area contributed by atoms with E-state index in [1.54, 1.807) is 12.4 Å². The second-order valence-corrected chi connectivity index (χ2v) is 7.55. The summed E-state index contributed by atoms with van der Waals surface area (Å²) < 4.78 is 0. The van der Waals surface area contributed by atoms with Crippen molar-refractivity contribution in [1.82, 2.24) is 15.2 Å². The number of nitrogens with zero attached hydrogens (tertiary/aromatic N) is 4. The molecule has 0 unspecified atom stereocenters. The molecule has 0 radical (unpaired) electrons. The summed E-state index contributed by atoms with van der Waals surface area (Å²) in [5, 5.41) is 3.00. The molecule has 2 aliphatic rings. The molecule has 4 rings (SSSR count). The number of pyridine rings is 1. The van der Waals surface area contributed by atoms with E-state index in [0.717, 1.165) is 31.7 Å². The van der Waals surface area contributed by atoms with Crippen molar-refractivity contribution in [2.24, 2.45) is 0 Å². The number of piperazine rings is 1. The van der Waals surface area contributed by atoms with Crippen LogP contribution in [0, 0.1) is 0 Å². The largest absolute Gasteiger partial charge is 0.372 e. The minimum atomic E-state index is 0.0110. The maximum atomic E-state index is 12.4. The van der Waals surface area contributed by atoms with Gasteiger partial charge in [-0.1, -0.05) is 0 Å². The van der Waals surface area contributed by atoms with Crippen molar-refractivity contribution in [3.63, 3.8) is 0 Å². The molecule has 0 aliphatic carbocycles. The van der Waals surface area contributed by atoms with Gasteiger partial charge in [0.15, 0.2) is 0 Å². The summed E-state index contributed by atoms with van der Waals surface area (Å²) in [5.41, 5.74) is 3.64. The van der Waals surface area contributed by atoms with Crippen LogP contribution in [0.25, 0.3) is 0 Å². The van der Waals surface area contributed by atoms with Gasteiger partial charge < -0.3 is 20.0 Å². The number of anilines is 2. The molecular weight excluding hydrogens is 350 g/mol. The number of urea groups is 1. The van der Waals surface area contributed by atoms with Gasteiger partial charge >= 0.3 is 6.03 Å². The van der Waals surface area contributed by atoms with Gasteiger partial charge in [0.05, 0.1) is 0 Å². The molecule has 6 heteroatoms. The van der Waals surface area contributed by atoms with Gasteiger partial charge in [0, 0.05) is 69.6 Å². The molecule has 1 aromatic heterocycles. The number of nitrogens with one attached hydrogen (secondary N) is 1. The average molecular weight is 380 g/mol. The van der Waals surface area contributed by atoms with Crippen LogP contribution in [-0.2, 0) is 6.54 Å². The van der Waals surface area contributed by atoms with E-state index in [4.69, 9.17) is 0 Å². The van der Waals surface area contributed by atoms with Gasteiger partial charge in [0.2, 0.25) is 0 Å². The summed E-state index contributed by atoms with van der Waals surface area (Å²) in [6.45, 7) is 6.11. The number of carbonyl (C=O) groups excluding carboxylic acids is 1. The molecule has 0 saturated carbocycles. The number of piperidine rings is 1. The van der Waals surface area contributed by atoms with E-state index >= 15 is 0 Å². The number of benzene rings is 1. The molecule has 2 aromatic rings. The number of hydrogen-bond acceptors (Lipinski definition) is 4. The molecule has 2 saturated heterocycles. The third kappa shape index (κ3) is 4.55. The first kappa shape index (κ1) is 18.6. The number of carbonyl (C=O) groups is 1. The second kappa shape index (κ2) is 8.95. The van der Waals surface area contributed by atoms with Crippen molar-refractivity contribution >= 4 is 17.4 Å². The lowest BCUT2D eigenvalue weighted by molar-refractivity contribution is 0.194. The number of rotatable bonds is 4. The van der Waals surface area contributed by atoms with Crippen molar-refractivity contribution in [2.75, 3.05) is 49.1 Å². The minimum absolute atomic E-state index is 0.0110. The molecule has 6 nitrogen and oxygen atoms in total. The minimum Gasteiger partial charge on any atom is -0.372 e. The number of amides is 2. The molecule has 1 aromatic carbocycles. The smallest absolute Gasteiger partial charge is 0.317 e. The van der Waals surface area contributed by atoms with Gasteiger partial charge in [-0.05, 0) is 61.2 Å². The molecule has 0 spiro atoms. The van der Waals surface area contributed by atoms with Crippen molar-refractivity contribution < 1.29 is 4.79 Å². The van der Waals surface area contributed by atoms with Crippen LogP contribution in [0.2, 0.25) is 0 Å². The average Bonchev–Trinajstić information content (AvgIpc) is 2.79. The van der Waals surface area contributed by atoms with E-state index in [1.165, 1.54) is 43.7 Å². The molecule has 0 atom stereocenters. The predicted molar refractivity (Wildman–Crippen MR) is 113 cm³/mol. The lowest BCUT2D eigenvalue weighted by atomic mass is 10.1. The van der Waals surface area contributed by atoms with Crippen molar-refractivity contribution in [1.29, 1.82) is 0 Å². The Morgan fingerprint density at radius 1 is 0.786 bits per heavy atom. The lowest BCUT2D eigenvalue weighted by Crippen LogP contribution is -2.51. The fourth-order valence-electron chi connectivity index (χ4n) is 3.98. The predicted octanol–water partition coefficient (Wildman–Crippen LogP) is 3.10. The Morgan fingerprint density at radius 2 is 1.36 bits per heavy atom. The third-order valence-corrected chi connectivity index (χ3v) is 5.70. The van der Waals surface area contributed by atoms with Crippen molar-refractivity contribution in [2.45, 2.75) is 25.8 Å². The van der Waals surface area contributed by atoms with Crippen molar-refractivity contribution in [3.05, 3.63) is 54.4 Å². The Labute approximate surface area is 167 Å². The first-order chi connectivity index (χ1) is 13.8. The highest BCUT2D eigenvalue weighted by molar-refractivity contribution is 5.74. The zero-order valence-electron chi connectivity index (χ0n) is 16.4. The van der Waals surface area contributed by atoms with Gasteiger partial charge in [-0.3, -0.25) is 4.98 Å². The summed E-state index contributed by atoms with van der Waals surface area (Å²) in [7, 11) is 0. The van der Waals surface area contributed by atoms with Crippen LogP contribution in [0.5, 0.6) is 0 Å². The van der Waals surface area contributed by atoms with Crippen LogP contribution in [0.1, 0.15) is 24.8 Å². The first-order valence-electron chi connectivity index (χ1n) is 10.3. The van der Waals surface area contributed by atoms with Gasteiger partial charge in [-0.25, -0.2) is 4.79 Å². The van der Waals surface area contributed by atoms with E-state index < -0.39 is 0 Å². The maximum absolute atomic E-state index is 12.4. The molecule has 2 fully saturated rings. The maximum Gasteiger partial charge on any atom is 0.317 e. The molecule has 2 aliphatic heterocycles. The first-order valence-corrected chi connectivity index (χ1v) is 10.3. The Morgan fingerprint density at radius 3 is 1.96 bits per heavy atom. The number of hydrogen-bond donors (Lipinski definition) is 1. The molecule has 0 bridgehead atoms. The molecule has 3 heterocycles. The van der Waals surface area contributed by atoms with Crippen LogP contribution in [0.4, 0.5) is 16.2 Å². The van der Waals surface area contributed by atoms with E-state index in [2.05, 4.69) is 44.4 Å². The van der Waals surface area contributed by atoms with E-state index in [9.17, 15) is 4.79 Å². The molecule has 1 N–H and O–H groups in total. The lowest BCUT2D eigenvalue weighted by Gasteiger charge is -2.36. The Kier molecular flexibility index (Phi) is 5.95. The molecular formula is C22H29N5O. The monoisotopic (exact) mass is 379 g/mol. The van der Waals surface area contributed by atoms with Gasteiger partial charge in [-0.15, -0.1) is 0 Å². The molecule has 148 valence electrons. The Bertz CT molecular complexity index is 750. The van der Waals surface area contributed by atoms with Crippen LogP contribution in [-0.4, -0.2) is 55.2 Å². The summed E-state index contributed by atoms with van der Waals surface area (Å²) in [6, 6.07) is 12.8. The highest BCUT2D eigenvalue weighted by atomic mass is 16.2. The van der Waals surface area contributed by atoms with Crippen LogP contribution in [0.15, 0.2) is 48.8 Å². The summed E-state index contributed by atoms with van der Waals surface area (Å²) in [4.78, 5) is 23.2. The van der Waals surface area contributed by atoms with E-state index in [-0.39, 0.29) is 6.03 Å². The van der Waals surface area contributed by atoms with Gasteiger partial charge in [0.1, 0.15) is 0 Å². The SMILES string of the molecule is O=C(NCc1ccncc1)N1CCN(c2ccc(N3CCCCC3)cc2)CC1. The van der Waals surface area contributed by atoms with Gasteiger partial charge in [-0.2, -0.15) is 0 Å². The van der Waals surface area contributed by atoms with Crippen LogP contribution >= 0.6 is 0 Å². The molecule has 2 amide bonds. The quantitative estimate of drug-likeness (QED) is 0.887. The van der Waals surface area contributed by atoms with E-state index in [0.29, 0.717) is 6.54 Å². The molecule has 28 heavy (non-hydrogen) atoms. The second-order valence-electron chi connectivity index (χ2n) is 7.55. The standard InChI is InChI=1S/C22H29N5O/c28-22(24-18-19-8-10-23-11-9-19)27-16-14-26(15-17-27)21-6-4-20(5-7-21)25-12-2-1-3-13-25/h4-11H,1-3,12-18H2,(H,24,28). The van der Waals surface area contributed by atoms with Crippen molar-refractivity contribution in [3.8, 4) is 0 Å². The summed E-state index contributed by atoms with van der Waals surface area (Å²) >= 11 is 0. The third-order valence-electron chi connectivity index (χ3n) is 5.70. The van der Waals surface area contributed by atoms with E-state index in [1.807, 2.05) is 17.0 Å². The fourth-order valence-corrected chi connectivity index (χ4v) is 3.98. The van der Waals surface area contributed by atoms with Gasteiger partial charge in [0.25, 0.3) is 0 Å². The highest BCUT2D eigenvalue weighted by Crippen LogP contribution is 2.24. The number of aromatic nitrogens is 1. The Hall–Kier alpha value is -2.76. The topological polar surface area (TPSA) is 51.7 Å². The summed E-state index contributed by atoms with van der Waals surface area (Å²) in [6.07, 6.45) is 7.45.